The lowest BCUT2D eigenvalue weighted by Crippen LogP contribution is -2.53. The summed E-state index contributed by atoms with van der Waals surface area (Å²) < 4.78 is 5.60. The zero-order valence-corrected chi connectivity index (χ0v) is 20.9. The topological polar surface area (TPSA) is 95.9 Å². The summed E-state index contributed by atoms with van der Waals surface area (Å²) in [5.41, 5.74) is 4.47. The molecule has 35 heavy (non-hydrogen) atoms. The van der Waals surface area contributed by atoms with Crippen LogP contribution in [0, 0.1) is 5.92 Å². The van der Waals surface area contributed by atoms with Crippen LogP contribution in [0.5, 0.6) is 0 Å². The number of alkyl carbamates (subject to hydrolysis) is 1. The van der Waals surface area contributed by atoms with Gasteiger partial charge in [0, 0.05) is 36.4 Å². The molecule has 2 aromatic rings. The first kappa shape index (κ1) is 25.1. The van der Waals surface area contributed by atoms with Crippen LogP contribution in [0.4, 0.5) is 4.79 Å². The molecule has 0 aromatic heterocycles. The van der Waals surface area contributed by atoms with Crippen LogP contribution in [-0.2, 0) is 14.3 Å². The molecule has 1 aliphatic heterocycles. The van der Waals surface area contributed by atoms with Gasteiger partial charge in [0.1, 0.15) is 12.6 Å². The van der Waals surface area contributed by atoms with Gasteiger partial charge in [-0.15, -0.1) is 0 Å². The van der Waals surface area contributed by atoms with Crippen LogP contribution in [-0.4, -0.2) is 64.7 Å². The zero-order chi connectivity index (χ0) is 24.9. The van der Waals surface area contributed by atoms with Crippen LogP contribution in [0.15, 0.2) is 48.5 Å². The smallest absolute Gasteiger partial charge is 0.407 e. The number of carboxylic acid groups (broad SMARTS) is 1. The van der Waals surface area contributed by atoms with Crippen LogP contribution in [0.1, 0.15) is 43.7 Å². The van der Waals surface area contributed by atoms with Gasteiger partial charge in [-0.25, -0.2) is 4.79 Å². The summed E-state index contributed by atoms with van der Waals surface area (Å²) in [6.45, 7) is 5.57. The molecule has 1 saturated heterocycles. The van der Waals surface area contributed by atoms with Crippen LogP contribution < -0.4 is 5.32 Å². The van der Waals surface area contributed by atoms with Crippen LogP contribution in [0.3, 0.4) is 0 Å². The summed E-state index contributed by atoms with van der Waals surface area (Å²) in [4.78, 5) is 39.0. The van der Waals surface area contributed by atoms with Crippen molar-refractivity contribution >= 4 is 29.7 Å². The lowest BCUT2D eigenvalue weighted by Gasteiger charge is -2.36. The number of aliphatic carboxylic acids is 1. The first-order chi connectivity index (χ1) is 16.8. The van der Waals surface area contributed by atoms with Crippen molar-refractivity contribution in [3.63, 3.8) is 0 Å². The lowest BCUT2D eigenvalue weighted by atomic mass is 9.98. The van der Waals surface area contributed by atoms with Crippen LogP contribution >= 0.6 is 11.8 Å². The molecule has 2 atom stereocenters. The molecule has 186 valence electrons. The predicted molar refractivity (Wildman–Crippen MR) is 137 cm³/mol. The first-order valence-corrected chi connectivity index (χ1v) is 13.1. The average Bonchev–Trinajstić information content (AvgIpc) is 3.18. The number of nitrogens with one attached hydrogen (secondary N) is 1. The van der Waals surface area contributed by atoms with E-state index in [1.807, 2.05) is 48.2 Å². The van der Waals surface area contributed by atoms with Crippen molar-refractivity contribution in [1.82, 2.24) is 10.2 Å². The van der Waals surface area contributed by atoms with Gasteiger partial charge >= 0.3 is 12.1 Å². The van der Waals surface area contributed by atoms with Gasteiger partial charge in [0.15, 0.2) is 0 Å². The Morgan fingerprint density at radius 3 is 2.31 bits per heavy atom. The van der Waals surface area contributed by atoms with Gasteiger partial charge in [-0.3, -0.25) is 9.59 Å². The Balaban J connectivity index is 1.42. The molecular formula is C27H32N2O5S. The number of amides is 2. The molecule has 7 nitrogen and oxygen atoms in total. The molecule has 0 radical (unpaired) electrons. The highest BCUT2D eigenvalue weighted by Gasteiger charge is 2.33. The zero-order valence-electron chi connectivity index (χ0n) is 20.1. The van der Waals surface area contributed by atoms with Gasteiger partial charge in [-0.2, -0.15) is 11.8 Å². The van der Waals surface area contributed by atoms with Gasteiger partial charge in [0.05, 0.1) is 0 Å². The Labute approximate surface area is 210 Å². The van der Waals surface area contributed by atoms with E-state index in [9.17, 15) is 14.4 Å². The molecule has 1 aliphatic carbocycles. The summed E-state index contributed by atoms with van der Waals surface area (Å²) in [6.07, 6.45) is -0.896. The number of hydrogen-bond acceptors (Lipinski definition) is 5. The first-order valence-electron chi connectivity index (χ1n) is 12.1. The second kappa shape index (κ2) is 11.2. The molecule has 2 aromatic carbocycles. The molecule has 2 aliphatic rings. The summed E-state index contributed by atoms with van der Waals surface area (Å²) in [5, 5.41) is 12.1. The van der Waals surface area contributed by atoms with Crippen molar-refractivity contribution in [1.29, 1.82) is 0 Å². The van der Waals surface area contributed by atoms with E-state index >= 15 is 0 Å². The highest BCUT2D eigenvalue weighted by Crippen LogP contribution is 2.44. The molecule has 1 fully saturated rings. The number of hydrogen-bond donors (Lipinski definition) is 2. The Hall–Kier alpha value is -3.00. The van der Waals surface area contributed by atoms with Crippen molar-refractivity contribution < 1.29 is 24.2 Å². The molecule has 1 heterocycles. The normalized spacial score (nSPS) is 18.0. The minimum Gasteiger partial charge on any atom is -0.481 e. The van der Waals surface area contributed by atoms with E-state index in [1.54, 1.807) is 4.90 Å². The maximum atomic E-state index is 13.3. The standard InChI is InChI=1S/C27H32N2O5S/c1-17(2)24-15-29(13-14-35-24)26(32)23(11-12-25(30)31)28-27(33)34-16-22-20-9-5-3-7-18(20)19-8-4-6-10-21(19)22/h3-10,17,22-24H,11-16H2,1-2H3,(H,28,33)(H,30,31). The van der Waals surface area contributed by atoms with Crippen molar-refractivity contribution in [2.75, 3.05) is 25.4 Å². The number of fused-ring (bicyclic) bond motifs is 3. The fourth-order valence-electron chi connectivity index (χ4n) is 4.81. The highest BCUT2D eigenvalue weighted by molar-refractivity contribution is 8.00. The average molecular weight is 497 g/mol. The van der Waals surface area contributed by atoms with Gasteiger partial charge < -0.3 is 20.1 Å². The molecular weight excluding hydrogens is 464 g/mol. The fraction of sp³-hybridized carbons (Fsp3) is 0.444. The molecule has 2 N–H and O–H groups in total. The third kappa shape index (κ3) is 5.81. The number of nitrogens with zero attached hydrogens (tertiary/aromatic N) is 1. The van der Waals surface area contributed by atoms with E-state index in [-0.39, 0.29) is 31.3 Å². The number of benzene rings is 2. The molecule has 2 unspecified atom stereocenters. The third-order valence-corrected chi connectivity index (χ3v) is 8.27. The van der Waals surface area contributed by atoms with E-state index < -0.39 is 18.1 Å². The van der Waals surface area contributed by atoms with Gasteiger partial charge in [-0.05, 0) is 34.6 Å². The third-order valence-electron chi connectivity index (χ3n) is 6.73. The second-order valence-corrected chi connectivity index (χ2v) is 10.7. The number of carbonyl (C=O) groups excluding carboxylic acids is 2. The van der Waals surface area contributed by atoms with Crippen molar-refractivity contribution in [2.24, 2.45) is 5.92 Å². The van der Waals surface area contributed by atoms with Gasteiger partial charge in [0.2, 0.25) is 5.91 Å². The number of thioether (sulfide) groups is 1. The van der Waals surface area contributed by atoms with Crippen molar-refractivity contribution in [3.8, 4) is 11.1 Å². The second-order valence-electron chi connectivity index (χ2n) is 9.39. The summed E-state index contributed by atoms with van der Waals surface area (Å²) >= 11 is 1.85. The summed E-state index contributed by atoms with van der Waals surface area (Å²) in [6, 6.07) is 15.2. The monoisotopic (exact) mass is 496 g/mol. The predicted octanol–water partition coefficient (Wildman–Crippen LogP) is 4.36. The minimum absolute atomic E-state index is 0.0222. The van der Waals surface area contributed by atoms with E-state index in [4.69, 9.17) is 9.84 Å². The Morgan fingerprint density at radius 2 is 1.71 bits per heavy atom. The van der Waals surface area contributed by atoms with E-state index in [2.05, 4.69) is 31.3 Å². The number of carbonyl (C=O) groups is 3. The summed E-state index contributed by atoms with van der Waals surface area (Å²) in [7, 11) is 0. The molecule has 8 heteroatoms. The highest BCUT2D eigenvalue weighted by atomic mass is 32.2. The molecule has 0 spiro atoms. The number of rotatable bonds is 8. The molecule has 2 amide bonds. The van der Waals surface area contributed by atoms with E-state index in [0.717, 1.165) is 28.0 Å². The van der Waals surface area contributed by atoms with Gasteiger partial charge in [0.25, 0.3) is 0 Å². The molecule has 4 rings (SSSR count). The summed E-state index contributed by atoms with van der Waals surface area (Å²) in [5.74, 6) is -0.0990. The quantitative estimate of drug-likeness (QED) is 0.564. The SMILES string of the molecule is CC(C)C1CN(C(=O)C(CCC(=O)O)NC(=O)OCC2c3ccccc3-c3ccccc32)CCS1. The minimum atomic E-state index is -1.01. The van der Waals surface area contributed by atoms with Gasteiger partial charge in [-0.1, -0.05) is 62.4 Å². The van der Waals surface area contributed by atoms with E-state index in [1.165, 1.54) is 0 Å². The van der Waals surface area contributed by atoms with Crippen molar-refractivity contribution in [2.45, 2.75) is 43.9 Å². The number of carboxylic acids is 1. The molecule has 0 bridgehead atoms. The van der Waals surface area contributed by atoms with Crippen LogP contribution in [0.25, 0.3) is 11.1 Å². The molecule has 0 saturated carbocycles. The maximum absolute atomic E-state index is 13.3. The number of ether oxygens (including phenoxy) is 1. The van der Waals surface area contributed by atoms with Crippen LogP contribution in [0.2, 0.25) is 0 Å². The lowest BCUT2D eigenvalue weighted by molar-refractivity contribution is -0.138. The Morgan fingerprint density at radius 1 is 1.09 bits per heavy atom. The van der Waals surface area contributed by atoms with E-state index in [0.29, 0.717) is 24.3 Å². The Bertz CT molecular complexity index is 1040. The largest absolute Gasteiger partial charge is 0.481 e. The van der Waals surface area contributed by atoms with Crippen molar-refractivity contribution in [3.05, 3.63) is 59.7 Å². The fourth-order valence-corrected chi connectivity index (χ4v) is 6.11. The maximum Gasteiger partial charge on any atom is 0.407 e. The Kier molecular flexibility index (Phi) is 8.00.